The zero-order chi connectivity index (χ0) is 16.2. The van der Waals surface area contributed by atoms with E-state index in [1.54, 1.807) is 24.1 Å². The van der Waals surface area contributed by atoms with Gasteiger partial charge in [0.1, 0.15) is 5.65 Å². The van der Waals surface area contributed by atoms with E-state index in [2.05, 4.69) is 9.88 Å². The number of carbonyl (C=O) groups is 1. The lowest BCUT2D eigenvalue weighted by Crippen LogP contribution is -2.48. The average Bonchev–Trinajstić information content (AvgIpc) is 2.56. The summed E-state index contributed by atoms with van der Waals surface area (Å²) < 4.78 is 6.54. The lowest BCUT2D eigenvalue weighted by atomic mass is 10.3. The average molecular weight is 316 g/mol. The van der Waals surface area contributed by atoms with Crippen molar-refractivity contribution in [3.05, 3.63) is 46.5 Å². The van der Waals surface area contributed by atoms with Gasteiger partial charge < -0.3 is 9.64 Å². The van der Waals surface area contributed by atoms with E-state index in [1.807, 2.05) is 18.2 Å². The minimum Gasteiger partial charge on any atom is -0.450 e. The van der Waals surface area contributed by atoms with Gasteiger partial charge in [-0.25, -0.2) is 9.78 Å². The third-order valence-electron chi connectivity index (χ3n) is 3.91. The van der Waals surface area contributed by atoms with Crippen LogP contribution in [0.1, 0.15) is 12.6 Å². The molecular weight excluding hydrogens is 296 g/mol. The highest BCUT2D eigenvalue weighted by Crippen LogP contribution is 2.08. The highest BCUT2D eigenvalue weighted by atomic mass is 16.6. The van der Waals surface area contributed by atoms with Gasteiger partial charge in [0.2, 0.25) is 0 Å². The highest BCUT2D eigenvalue weighted by molar-refractivity contribution is 5.67. The standard InChI is InChI=1S/C16H20N4O3/c1-2-23-16(22)19-9-7-18(8-10-19)12-13-11-15(21)20-6-4-3-5-14(20)17-13/h3-6,11H,2,7-10,12H2,1H3. The summed E-state index contributed by atoms with van der Waals surface area (Å²) in [6.07, 6.45) is 1.46. The van der Waals surface area contributed by atoms with Crippen LogP contribution in [-0.4, -0.2) is 58.1 Å². The van der Waals surface area contributed by atoms with Crippen molar-refractivity contribution in [2.75, 3.05) is 32.8 Å². The predicted molar refractivity (Wildman–Crippen MR) is 85.3 cm³/mol. The first kappa shape index (κ1) is 15.5. The van der Waals surface area contributed by atoms with Gasteiger partial charge in [-0.2, -0.15) is 0 Å². The molecule has 0 bridgehead atoms. The Balaban J connectivity index is 1.65. The van der Waals surface area contributed by atoms with E-state index in [0.717, 1.165) is 18.8 Å². The SMILES string of the molecule is CCOC(=O)N1CCN(Cc2cc(=O)n3ccccc3n2)CC1. The van der Waals surface area contributed by atoms with Crippen LogP contribution in [0.4, 0.5) is 4.79 Å². The Bertz CT molecular complexity index is 750. The number of amides is 1. The summed E-state index contributed by atoms with van der Waals surface area (Å²) in [7, 11) is 0. The van der Waals surface area contributed by atoms with Crippen molar-refractivity contribution < 1.29 is 9.53 Å². The molecule has 7 nitrogen and oxygen atoms in total. The van der Waals surface area contributed by atoms with Gasteiger partial charge in [-0.05, 0) is 19.1 Å². The minimum absolute atomic E-state index is 0.0734. The maximum absolute atomic E-state index is 12.1. The molecule has 1 aliphatic rings. The summed E-state index contributed by atoms with van der Waals surface area (Å²) in [5.74, 6) is 0. The largest absolute Gasteiger partial charge is 0.450 e. The molecule has 3 rings (SSSR count). The van der Waals surface area contributed by atoms with Gasteiger partial charge in [0.05, 0.1) is 12.3 Å². The topological polar surface area (TPSA) is 67.2 Å². The van der Waals surface area contributed by atoms with Crippen LogP contribution in [0.15, 0.2) is 35.3 Å². The number of rotatable bonds is 3. The molecule has 2 aromatic heterocycles. The van der Waals surface area contributed by atoms with Gasteiger partial charge in [-0.3, -0.25) is 14.1 Å². The number of carbonyl (C=O) groups excluding carboxylic acids is 1. The van der Waals surface area contributed by atoms with Gasteiger partial charge in [-0.15, -0.1) is 0 Å². The van der Waals surface area contributed by atoms with E-state index in [4.69, 9.17) is 4.74 Å². The van der Waals surface area contributed by atoms with Gasteiger partial charge in [-0.1, -0.05) is 6.07 Å². The molecule has 0 aromatic carbocycles. The first-order valence-electron chi connectivity index (χ1n) is 7.79. The van der Waals surface area contributed by atoms with Gasteiger partial charge >= 0.3 is 6.09 Å². The van der Waals surface area contributed by atoms with Crippen molar-refractivity contribution >= 4 is 11.7 Å². The molecule has 0 saturated carbocycles. The van der Waals surface area contributed by atoms with E-state index in [1.165, 1.54) is 4.40 Å². The number of ether oxygens (including phenoxy) is 1. The van der Waals surface area contributed by atoms with Crippen molar-refractivity contribution in [3.8, 4) is 0 Å². The zero-order valence-electron chi connectivity index (χ0n) is 13.1. The number of piperazine rings is 1. The first-order valence-corrected chi connectivity index (χ1v) is 7.79. The number of hydrogen-bond donors (Lipinski definition) is 0. The molecule has 23 heavy (non-hydrogen) atoms. The third-order valence-corrected chi connectivity index (χ3v) is 3.91. The maximum atomic E-state index is 12.1. The Morgan fingerprint density at radius 3 is 2.78 bits per heavy atom. The number of hydrogen-bond acceptors (Lipinski definition) is 5. The third kappa shape index (κ3) is 3.50. The van der Waals surface area contributed by atoms with E-state index < -0.39 is 0 Å². The summed E-state index contributed by atoms with van der Waals surface area (Å²) in [4.78, 5) is 32.2. The molecule has 1 fully saturated rings. The summed E-state index contributed by atoms with van der Waals surface area (Å²) in [6, 6.07) is 7.07. The van der Waals surface area contributed by atoms with Crippen molar-refractivity contribution in [1.82, 2.24) is 19.2 Å². The molecule has 0 atom stereocenters. The number of fused-ring (bicyclic) bond motifs is 1. The fraction of sp³-hybridized carbons (Fsp3) is 0.438. The van der Waals surface area contributed by atoms with Crippen LogP contribution < -0.4 is 5.56 Å². The van der Waals surface area contributed by atoms with Gasteiger partial charge in [0.15, 0.2) is 0 Å². The predicted octanol–water partition coefficient (Wildman–Crippen LogP) is 0.969. The van der Waals surface area contributed by atoms with E-state index in [9.17, 15) is 9.59 Å². The summed E-state index contributed by atoms with van der Waals surface area (Å²) in [6.45, 7) is 5.56. The fourth-order valence-corrected chi connectivity index (χ4v) is 2.72. The maximum Gasteiger partial charge on any atom is 0.409 e. The minimum atomic E-state index is -0.255. The normalized spacial score (nSPS) is 15.8. The zero-order valence-corrected chi connectivity index (χ0v) is 13.1. The molecule has 122 valence electrons. The van der Waals surface area contributed by atoms with Crippen LogP contribution in [0.3, 0.4) is 0 Å². The van der Waals surface area contributed by atoms with E-state index in [-0.39, 0.29) is 11.7 Å². The Hall–Kier alpha value is -2.41. The van der Waals surface area contributed by atoms with Crippen molar-refractivity contribution in [1.29, 1.82) is 0 Å². The monoisotopic (exact) mass is 316 g/mol. The van der Waals surface area contributed by atoms with Crippen LogP contribution in [0.2, 0.25) is 0 Å². The summed E-state index contributed by atoms with van der Waals surface area (Å²) >= 11 is 0. The number of aromatic nitrogens is 2. The fourth-order valence-electron chi connectivity index (χ4n) is 2.72. The lowest BCUT2D eigenvalue weighted by Gasteiger charge is -2.33. The molecule has 0 unspecified atom stereocenters. The van der Waals surface area contributed by atoms with Crippen LogP contribution in [-0.2, 0) is 11.3 Å². The van der Waals surface area contributed by atoms with Crippen LogP contribution in [0, 0.1) is 0 Å². The second kappa shape index (κ2) is 6.78. The second-order valence-electron chi connectivity index (χ2n) is 5.48. The van der Waals surface area contributed by atoms with Crippen LogP contribution in [0.25, 0.3) is 5.65 Å². The highest BCUT2D eigenvalue weighted by Gasteiger charge is 2.22. The van der Waals surface area contributed by atoms with Crippen molar-refractivity contribution in [2.24, 2.45) is 0 Å². The van der Waals surface area contributed by atoms with Gasteiger partial charge in [0, 0.05) is 45.0 Å². The number of nitrogens with zero attached hydrogens (tertiary/aromatic N) is 4. The molecule has 7 heteroatoms. The molecule has 0 N–H and O–H groups in total. The number of pyridine rings is 1. The second-order valence-corrected chi connectivity index (χ2v) is 5.48. The van der Waals surface area contributed by atoms with E-state index >= 15 is 0 Å². The Morgan fingerprint density at radius 1 is 1.26 bits per heavy atom. The van der Waals surface area contributed by atoms with E-state index in [0.29, 0.717) is 31.9 Å². The Morgan fingerprint density at radius 2 is 2.04 bits per heavy atom. The van der Waals surface area contributed by atoms with Crippen LogP contribution in [0.5, 0.6) is 0 Å². The molecule has 1 saturated heterocycles. The summed E-state index contributed by atoms with van der Waals surface area (Å²) in [5.41, 5.74) is 1.33. The first-order chi connectivity index (χ1) is 11.2. The summed E-state index contributed by atoms with van der Waals surface area (Å²) in [5, 5.41) is 0. The lowest BCUT2D eigenvalue weighted by molar-refractivity contribution is 0.0775. The molecule has 1 aliphatic heterocycles. The molecule has 2 aromatic rings. The van der Waals surface area contributed by atoms with Gasteiger partial charge in [0.25, 0.3) is 5.56 Å². The molecule has 0 radical (unpaired) electrons. The smallest absolute Gasteiger partial charge is 0.409 e. The Labute approximate surface area is 134 Å². The van der Waals surface area contributed by atoms with Crippen molar-refractivity contribution in [2.45, 2.75) is 13.5 Å². The molecule has 0 spiro atoms. The van der Waals surface area contributed by atoms with Crippen molar-refractivity contribution in [3.63, 3.8) is 0 Å². The quantitative estimate of drug-likeness (QED) is 0.844. The molecule has 1 amide bonds. The van der Waals surface area contributed by atoms with Crippen LogP contribution >= 0.6 is 0 Å². The molecular formula is C16H20N4O3. The molecule has 0 aliphatic carbocycles. The molecule has 3 heterocycles. The Kier molecular flexibility index (Phi) is 4.57.